The van der Waals surface area contributed by atoms with Crippen LogP contribution in [0.3, 0.4) is 0 Å². The number of aromatic nitrogens is 2. The van der Waals surface area contributed by atoms with Gasteiger partial charge in [-0.05, 0) is 34.5 Å². The predicted octanol–water partition coefficient (Wildman–Crippen LogP) is 4.41. The van der Waals surface area contributed by atoms with E-state index in [4.69, 9.17) is 0 Å². The minimum atomic E-state index is 0. The monoisotopic (exact) mass is 504 g/mol. The van der Waals surface area contributed by atoms with Crippen molar-refractivity contribution in [2.45, 2.75) is 6.92 Å². The number of aryl methyl sites for hydroxylation is 1. The Bertz CT molecular complexity index is 708. The van der Waals surface area contributed by atoms with E-state index in [0.717, 1.165) is 21.7 Å². The fraction of sp³-hybridized carbons (Fsp3) is 0.0625. The molecule has 4 heteroatoms. The van der Waals surface area contributed by atoms with Crippen molar-refractivity contribution in [1.82, 2.24) is 9.55 Å². The van der Waals surface area contributed by atoms with Crippen molar-refractivity contribution in [2.75, 3.05) is 0 Å². The third kappa shape index (κ3) is 2.93. The van der Waals surface area contributed by atoms with E-state index >= 15 is 0 Å². The van der Waals surface area contributed by atoms with Gasteiger partial charge in [0.2, 0.25) is 0 Å². The van der Waals surface area contributed by atoms with Crippen molar-refractivity contribution in [3.63, 3.8) is 0 Å². The maximum atomic E-state index is 4.55. The Morgan fingerprint density at radius 1 is 1.10 bits per heavy atom. The molecule has 0 spiro atoms. The molecule has 1 radical (unpaired) electrons. The zero-order chi connectivity index (χ0) is 13.2. The van der Waals surface area contributed by atoms with Crippen molar-refractivity contribution in [3.05, 3.63) is 71.0 Å². The van der Waals surface area contributed by atoms with Crippen LogP contribution in [0.5, 0.6) is 0 Å². The number of halogens is 1. The molecule has 103 valence electrons. The smallest absolute Gasteiger partial charge is 0.113 e. The summed E-state index contributed by atoms with van der Waals surface area (Å²) in [5, 5.41) is 0. The van der Waals surface area contributed by atoms with Gasteiger partial charge in [-0.15, -0.1) is 35.9 Å². The Morgan fingerprint density at radius 2 is 1.85 bits per heavy atom. The van der Waals surface area contributed by atoms with Gasteiger partial charge in [0.25, 0.3) is 0 Å². The van der Waals surface area contributed by atoms with Gasteiger partial charge < -0.3 is 4.57 Å². The summed E-state index contributed by atoms with van der Waals surface area (Å²) in [4.78, 5) is 4.55. The molecular weight excluding hydrogens is 492 g/mol. The van der Waals surface area contributed by atoms with Gasteiger partial charge >= 0.3 is 0 Å². The SMILES string of the molecule is Cc1ccccc1-n1cc(Br)nc1-c1[c-]cccc1.[Ir]. The first-order valence-electron chi connectivity index (χ1n) is 6.03. The molecule has 0 N–H and O–H groups in total. The third-order valence-corrected chi connectivity index (χ3v) is 3.38. The van der Waals surface area contributed by atoms with Crippen LogP contribution >= 0.6 is 15.9 Å². The van der Waals surface area contributed by atoms with Crippen LogP contribution in [-0.4, -0.2) is 9.55 Å². The molecule has 0 aliphatic rings. The molecule has 1 heterocycles. The van der Waals surface area contributed by atoms with E-state index in [2.05, 4.69) is 50.6 Å². The summed E-state index contributed by atoms with van der Waals surface area (Å²) >= 11 is 3.46. The molecule has 3 rings (SSSR count). The van der Waals surface area contributed by atoms with Crippen LogP contribution < -0.4 is 0 Å². The molecule has 0 bridgehead atoms. The second kappa shape index (κ2) is 6.49. The van der Waals surface area contributed by atoms with E-state index in [1.807, 2.05) is 42.6 Å². The van der Waals surface area contributed by atoms with Crippen molar-refractivity contribution in [1.29, 1.82) is 0 Å². The molecule has 20 heavy (non-hydrogen) atoms. The maximum Gasteiger partial charge on any atom is 0.113 e. The fourth-order valence-electron chi connectivity index (χ4n) is 2.09. The van der Waals surface area contributed by atoms with Crippen LogP contribution in [0, 0.1) is 13.0 Å². The molecule has 0 atom stereocenters. The maximum absolute atomic E-state index is 4.55. The molecular formula is C16H12BrIrN2-. The van der Waals surface area contributed by atoms with E-state index in [-0.39, 0.29) is 20.1 Å². The number of hydrogen-bond acceptors (Lipinski definition) is 1. The Balaban J connectivity index is 0.00000147. The van der Waals surface area contributed by atoms with Gasteiger partial charge in [-0.3, -0.25) is 4.98 Å². The zero-order valence-corrected chi connectivity index (χ0v) is 14.8. The van der Waals surface area contributed by atoms with Gasteiger partial charge in [-0.2, -0.15) is 0 Å². The van der Waals surface area contributed by atoms with E-state index in [1.54, 1.807) is 0 Å². The molecule has 0 aliphatic carbocycles. The van der Waals surface area contributed by atoms with Crippen LogP contribution in [0.25, 0.3) is 17.1 Å². The average molecular weight is 504 g/mol. The fourth-order valence-corrected chi connectivity index (χ4v) is 2.46. The second-order valence-corrected chi connectivity index (χ2v) is 5.13. The molecule has 0 aliphatic heterocycles. The number of para-hydroxylation sites is 1. The van der Waals surface area contributed by atoms with Crippen molar-refractivity contribution < 1.29 is 20.1 Å². The summed E-state index contributed by atoms with van der Waals surface area (Å²) in [5.74, 6) is 0.891. The van der Waals surface area contributed by atoms with Gasteiger partial charge in [-0.1, -0.05) is 18.2 Å². The number of hydrogen-bond donors (Lipinski definition) is 0. The first-order valence-corrected chi connectivity index (χ1v) is 6.83. The van der Waals surface area contributed by atoms with Gasteiger partial charge in [-0.25, -0.2) is 0 Å². The van der Waals surface area contributed by atoms with E-state index < -0.39 is 0 Å². The van der Waals surface area contributed by atoms with Gasteiger partial charge in [0.05, 0.1) is 5.82 Å². The topological polar surface area (TPSA) is 17.8 Å². The molecule has 1 aromatic heterocycles. The standard InChI is InChI=1S/C16H12BrN2.Ir/c1-12-7-5-6-10-14(12)19-11-15(17)18-16(19)13-8-3-2-4-9-13;/h2-8,10-11H,1H3;/q-1;. The molecule has 2 nitrogen and oxygen atoms in total. The van der Waals surface area contributed by atoms with Crippen LogP contribution in [0.4, 0.5) is 0 Å². The van der Waals surface area contributed by atoms with Gasteiger partial charge in [0.15, 0.2) is 0 Å². The van der Waals surface area contributed by atoms with Crippen LogP contribution in [0.15, 0.2) is 59.3 Å². The minimum Gasteiger partial charge on any atom is -0.339 e. The van der Waals surface area contributed by atoms with Gasteiger partial charge in [0, 0.05) is 32.0 Å². The summed E-state index contributed by atoms with van der Waals surface area (Å²) < 4.78 is 2.91. The van der Waals surface area contributed by atoms with Crippen LogP contribution in [-0.2, 0) is 20.1 Å². The first kappa shape index (κ1) is 15.2. The summed E-state index contributed by atoms with van der Waals surface area (Å²) in [7, 11) is 0. The molecule has 0 saturated carbocycles. The number of imidazole rings is 1. The number of rotatable bonds is 2. The average Bonchev–Trinajstić information content (AvgIpc) is 2.82. The summed E-state index contributed by atoms with van der Waals surface area (Å²) in [6, 6.07) is 19.4. The molecule has 0 fully saturated rings. The third-order valence-electron chi connectivity index (χ3n) is 3.00. The largest absolute Gasteiger partial charge is 0.339 e. The molecule has 0 unspecified atom stereocenters. The summed E-state index contributed by atoms with van der Waals surface area (Å²) in [6.07, 6.45) is 1.98. The zero-order valence-electron chi connectivity index (χ0n) is 10.8. The molecule has 0 saturated heterocycles. The quantitative estimate of drug-likeness (QED) is 0.473. The number of nitrogens with zero attached hydrogens (tertiary/aromatic N) is 2. The molecule has 0 amide bonds. The Hall–Kier alpha value is -1.22. The second-order valence-electron chi connectivity index (χ2n) is 4.32. The summed E-state index contributed by atoms with van der Waals surface area (Å²) in [5.41, 5.74) is 3.33. The first-order chi connectivity index (χ1) is 9.25. The predicted molar refractivity (Wildman–Crippen MR) is 80.3 cm³/mol. The van der Waals surface area contributed by atoms with Crippen molar-refractivity contribution >= 4 is 15.9 Å². The summed E-state index contributed by atoms with van der Waals surface area (Å²) in [6.45, 7) is 2.10. The Kier molecular flexibility index (Phi) is 4.92. The van der Waals surface area contributed by atoms with Gasteiger partial charge in [0.1, 0.15) is 4.60 Å². The Labute approximate surface area is 140 Å². The van der Waals surface area contributed by atoms with E-state index in [9.17, 15) is 0 Å². The minimum absolute atomic E-state index is 0. The van der Waals surface area contributed by atoms with E-state index in [0.29, 0.717) is 0 Å². The van der Waals surface area contributed by atoms with Crippen molar-refractivity contribution in [3.8, 4) is 17.1 Å². The van der Waals surface area contributed by atoms with Crippen LogP contribution in [0.2, 0.25) is 0 Å². The normalized spacial score (nSPS) is 10.1. The molecule has 3 aromatic rings. The number of benzene rings is 2. The Morgan fingerprint density at radius 3 is 2.55 bits per heavy atom. The van der Waals surface area contributed by atoms with Crippen LogP contribution in [0.1, 0.15) is 5.56 Å². The van der Waals surface area contributed by atoms with Crippen molar-refractivity contribution in [2.24, 2.45) is 0 Å². The molecule has 2 aromatic carbocycles. The van der Waals surface area contributed by atoms with E-state index in [1.165, 1.54) is 5.56 Å².